The maximum absolute atomic E-state index is 14.1. The van der Waals surface area contributed by atoms with Crippen molar-refractivity contribution in [1.82, 2.24) is 29.9 Å². The number of likely N-dealkylation sites (tertiary alicyclic amines) is 3. The Morgan fingerprint density at radius 1 is 0.682 bits per heavy atom. The van der Waals surface area contributed by atoms with Crippen molar-refractivity contribution in [3.8, 4) is 24.0 Å². The molecule has 6 saturated heterocycles. The number of nitrogens with two attached hydrogens (primary N) is 1. The van der Waals surface area contributed by atoms with Crippen LogP contribution in [0.4, 0.5) is 29.6 Å². The van der Waals surface area contributed by atoms with E-state index in [2.05, 4.69) is 109 Å². The van der Waals surface area contributed by atoms with Crippen molar-refractivity contribution in [3.63, 3.8) is 0 Å². The first-order chi connectivity index (χ1) is 41.8. The molecular formula is C69H103F3N12O4. The number of urea groups is 1. The fraction of sp³-hybridized carbons (Fsp3) is 0.710. The van der Waals surface area contributed by atoms with Gasteiger partial charge in [0.25, 0.3) is 0 Å². The van der Waals surface area contributed by atoms with E-state index in [-0.39, 0.29) is 54.1 Å². The van der Waals surface area contributed by atoms with Crippen molar-refractivity contribution < 1.29 is 32.2 Å². The SMILES string of the molecule is CC(C)C1CCN(c2ccc(C#N)cn2)CC1F.CC(C)C1CN(C(=O)N2CC(F)CC2C#N)CCC1C.CC(C)C1CN(C2(CC#N)COC2)CCC1C.CC(C)C1COc2ccccc2C1C(N)=O.Cc1ccc(N2CCC(C(C)C)C(F)C2)nn1. The van der Waals surface area contributed by atoms with E-state index in [0.29, 0.717) is 67.2 Å². The van der Waals surface area contributed by atoms with Crippen molar-refractivity contribution >= 4 is 23.6 Å². The fourth-order valence-corrected chi connectivity index (χ4v) is 14.0. The number of anilines is 2. The minimum Gasteiger partial charge on any atom is -0.493 e. The average Bonchev–Trinajstić information content (AvgIpc) is 3.32. The van der Waals surface area contributed by atoms with Gasteiger partial charge in [-0.2, -0.15) is 20.9 Å². The normalized spacial score (nSPS) is 28.3. The molecule has 7 aliphatic rings. The van der Waals surface area contributed by atoms with Gasteiger partial charge in [0.1, 0.15) is 42.2 Å². The van der Waals surface area contributed by atoms with Crippen LogP contribution >= 0.6 is 0 Å². The Morgan fingerprint density at radius 2 is 1.25 bits per heavy atom. The van der Waals surface area contributed by atoms with Crippen LogP contribution < -0.4 is 20.3 Å². The molecule has 484 valence electrons. The van der Waals surface area contributed by atoms with Gasteiger partial charge >= 0.3 is 6.03 Å². The third-order valence-corrected chi connectivity index (χ3v) is 20.0. The first kappa shape index (κ1) is 70.9. The second-order valence-corrected chi connectivity index (χ2v) is 27.7. The number of nitriles is 3. The number of aromatic nitrogens is 3. The molecule has 0 radical (unpaired) electrons. The van der Waals surface area contributed by atoms with Crippen LogP contribution in [0.25, 0.3) is 0 Å². The predicted molar refractivity (Wildman–Crippen MR) is 340 cm³/mol. The summed E-state index contributed by atoms with van der Waals surface area (Å²) in [6, 6.07) is 20.7. The summed E-state index contributed by atoms with van der Waals surface area (Å²) in [6.07, 6.45) is 3.70. The average molecular weight is 1220 g/mol. The molecule has 0 saturated carbocycles. The molecule has 6 fully saturated rings. The number of amides is 3. The number of para-hydroxylation sites is 1. The van der Waals surface area contributed by atoms with Crippen LogP contribution in [0.15, 0.2) is 54.7 Å². The minimum absolute atomic E-state index is 0.0437. The van der Waals surface area contributed by atoms with Gasteiger partial charge in [0.2, 0.25) is 5.91 Å². The quantitative estimate of drug-likeness (QED) is 0.201. The van der Waals surface area contributed by atoms with E-state index in [4.69, 9.17) is 31.0 Å². The predicted octanol–water partition coefficient (Wildman–Crippen LogP) is 12.2. The number of hydrogen-bond acceptors (Lipinski definition) is 13. The summed E-state index contributed by atoms with van der Waals surface area (Å²) in [5.74, 6) is 7.49. The molecule has 3 aromatic rings. The highest BCUT2D eigenvalue weighted by Gasteiger charge is 2.47. The Morgan fingerprint density at radius 3 is 1.74 bits per heavy atom. The standard InChI is InChI=1S/C15H24FN3O.C14H18FN3.C14H24N2O.C13H20FN3.C13H17NO2/c1-10(2)14-9-18(5-4-11(14)3)15(20)19-8-12(16)6-13(19)7-17;1-10(2)12-5-6-18(9-13(12)15)14-4-3-11(7-16)8-17-14;1-11(2)13-8-16(7-4-12(13)3)14(5-6-15)9-17-10-14;1-9(2)11-6-7-17(8-12(11)14)13-5-4-10(3)15-16-13;1-8(2)10-7-16-11-6-4-3-5-9(11)12(10)13(14)15/h10-14H,4-6,8-9H2,1-3H3;3-4,8,10,12-13H,5-6,9H2,1-2H3;11-13H,4-5,7-10H2,1-3H3;4-5,9,11-12H,6-8H2,1-3H3;3-6,8,10,12H,7H2,1-2H3,(H2,14,15). The van der Waals surface area contributed by atoms with Gasteiger partial charge < -0.3 is 34.8 Å². The zero-order valence-corrected chi connectivity index (χ0v) is 55.0. The molecule has 2 aromatic heterocycles. The number of carbonyl (C=O) groups excluding carboxylic acids is 2. The summed E-state index contributed by atoms with van der Waals surface area (Å²) in [5.41, 5.74) is 7.92. The highest BCUT2D eigenvalue weighted by molar-refractivity contribution is 5.83. The molecule has 88 heavy (non-hydrogen) atoms. The van der Waals surface area contributed by atoms with Gasteiger partial charge in [-0.25, -0.2) is 22.9 Å². The third-order valence-electron chi connectivity index (χ3n) is 20.0. The molecule has 7 aliphatic heterocycles. The maximum atomic E-state index is 14.1. The molecule has 16 nitrogen and oxygen atoms in total. The number of hydrogen-bond donors (Lipinski definition) is 1. The largest absolute Gasteiger partial charge is 0.493 e. The van der Waals surface area contributed by atoms with E-state index in [1.165, 1.54) is 17.5 Å². The summed E-state index contributed by atoms with van der Waals surface area (Å²) >= 11 is 0. The molecule has 19 heteroatoms. The van der Waals surface area contributed by atoms with E-state index in [1.54, 1.807) is 12.1 Å². The second kappa shape index (κ2) is 33.0. The number of aryl methyl sites for hydroxylation is 1. The number of alkyl halides is 3. The number of halogens is 3. The zero-order valence-electron chi connectivity index (χ0n) is 55.0. The van der Waals surface area contributed by atoms with Crippen molar-refractivity contribution in [1.29, 1.82) is 15.8 Å². The van der Waals surface area contributed by atoms with Gasteiger partial charge in [0.05, 0.1) is 80.7 Å². The van der Waals surface area contributed by atoms with Crippen molar-refractivity contribution in [2.24, 2.45) is 76.7 Å². The number of fused-ring (bicyclic) bond motifs is 1. The Kier molecular flexibility index (Phi) is 26.6. The first-order valence-corrected chi connectivity index (χ1v) is 32.6. The number of piperidine rings is 4. The Labute approximate surface area is 524 Å². The molecule has 0 spiro atoms. The molecule has 12 unspecified atom stereocenters. The lowest BCUT2D eigenvalue weighted by Gasteiger charge is -2.53. The fourth-order valence-electron chi connectivity index (χ4n) is 14.0. The number of ether oxygens (including phenoxy) is 2. The first-order valence-electron chi connectivity index (χ1n) is 32.6. The minimum atomic E-state index is -1.06. The van der Waals surface area contributed by atoms with E-state index in [0.717, 1.165) is 118 Å². The number of nitrogens with zero attached hydrogens (tertiary/aromatic N) is 11. The zero-order chi connectivity index (χ0) is 64.6. The monoisotopic (exact) mass is 1220 g/mol. The summed E-state index contributed by atoms with van der Waals surface area (Å²) in [4.78, 5) is 38.1. The van der Waals surface area contributed by atoms with Crippen molar-refractivity contribution in [3.05, 3.63) is 71.5 Å². The van der Waals surface area contributed by atoms with Crippen LogP contribution in [0, 0.1) is 112 Å². The Hall–Kier alpha value is -6.23. The summed E-state index contributed by atoms with van der Waals surface area (Å²) in [7, 11) is 0. The summed E-state index contributed by atoms with van der Waals surface area (Å²) < 4.78 is 52.6. The topological polar surface area (TPSA) is 205 Å². The number of benzene rings is 1. The smallest absolute Gasteiger partial charge is 0.321 e. The van der Waals surface area contributed by atoms with Gasteiger partial charge in [-0.3, -0.25) is 9.69 Å². The van der Waals surface area contributed by atoms with E-state index in [9.17, 15) is 22.8 Å². The van der Waals surface area contributed by atoms with Crippen molar-refractivity contribution in [2.45, 2.75) is 165 Å². The lowest BCUT2D eigenvalue weighted by molar-refractivity contribution is -0.154. The van der Waals surface area contributed by atoms with Crippen LogP contribution in [0.2, 0.25) is 0 Å². The van der Waals surface area contributed by atoms with Gasteiger partial charge in [-0.1, -0.05) is 101 Å². The van der Waals surface area contributed by atoms with E-state index < -0.39 is 24.6 Å². The maximum Gasteiger partial charge on any atom is 0.321 e. The van der Waals surface area contributed by atoms with Crippen LogP contribution in [-0.2, 0) is 9.53 Å². The van der Waals surface area contributed by atoms with Crippen LogP contribution in [-0.4, -0.2) is 151 Å². The molecular weight excluding hydrogens is 1120 g/mol. The van der Waals surface area contributed by atoms with Gasteiger partial charge in [0, 0.05) is 56.8 Å². The molecule has 1 aromatic carbocycles. The van der Waals surface area contributed by atoms with E-state index >= 15 is 0 Å². The molecule has 12 atom stereocenters. The number of rotatable bonds is 10. The highest BCUT2D eigenvalue weighted by Crippen LogP contribution is 2.41. The molecule has 3 amide bonds. The molecule has 9 heterocycles. The lowest BCUT2D eigenvalue weighted by Crippen LogP contribution is -2.65. The van der Waals surface area contributed by atoms with Gasteiger partial charge in [0.15, 0.2) is 5.82 Å². The molecule has 10 rings (SSSR count). The Balaban J connectivity index is 0.000000176. The lowest BCUT2D eigenvalue weighted by atomic mass is 9.77. The highest BCUT2D eigenvalue weighted by atomic mass is 19.1. The number of carbonyl (C=O) groups is 2. The van der Waals surface area contributed by atoms with E-state index in [1.807, 2.05) is 70.2 Å². The van der Waals surface area contributed by atoms with Crippen molar-refractivity contribution in [2.75, 3.05) is 88.5 Å². The third kappa shape index (κ3) is 18.5. The van der Waals surface area contributed by atoms with Crippen LogP contribution in [0.1, 0.15) is 144 Å². The van der Waals surface area contributed by atoms with Crippen LogP contribution in [0.3, 0.4) is 0 Å². The van der Waals surface area contributed by atoms with Gasteiger partial charge in [-0.15, -0.1) is 5.10 Å². The molecule has 0 bridgehead atoms. The second-order valence-electron chi connectivity index (χ2n) is 27.7. The number of primary amides is 1. The Bertz CT molecular complexity index is 2780. The summed E-state index contributed by atoms with van der Waals surface area (Å²) in [5, 5.41) is 34.9. The van der Waals surface area contributed by atoms with Gasteiger partial charge in [-0.05, 0) is 135 Å². The van der Waals surface area contributed by atoms with Crippen LogP contribution in [0.5, 0.6) is 5.75 Å². The molecule has 2 N–H and O–H groups in total. The number of pyridine rings is 1. The summed E-state index contributed by atoms with van der Waals surface area (Å²) in [6.45, 7) is 36.5. The molecule has 0 aliphatic carbocycles.